The number of nitrogens with zero attached hydrogens (tertiary/aromatic N) is 2. The summed E-state index contributed by atoms with van der Waals surface area (Å²) in [6, 6.07) is 4.11. The van der Waals surface area contributed by atoms with E-state index in [9.17, 15) is 0 Å². The number of rotatable bonds is 5. The van der Waals surface area contributed by atoms with Crippen LogP contribution in [0.5, 0.6) is 0 Å². The molecule has 1 heterocycles. The lowest BCUT2D eigenvalue weighted by Gasteiger charge is -2.01. The van der Waals surface area contributed by atoms with Crippen LogP contribution in [0.4, 0.5) is 0 Å². The van der Waals surface area contributed by atoms with Crippen LogP contribution in [0.3, 0.4) is 0 Å². The first kappa shape index (κ1) is 12.4. The average Bonchev–Trinajstić information content (AvgIpc) is 2.34. The predicted molar refractivity (Wildman–Crippen MR) is 69.9 cm³/mol. The van der Waals surface area contributed by atoms with Crippen LogP contribution in [0.2, 0.25) is 0 Å². The van der Waals surface area contributed by atoms with Gasteiger partial charge in [-0.3, -0.25) is 9.98 Å². The van der Waals surface area contributed by atoms with E-state index in [0.717, 1.165) is 12.8 Å². The maximum absolute atomic E-state index is 4.01. The second-order valence-corrected chi connectivity index (χ2v) is 3.50. The van der Waals surface area contributed by atoms with Gasteiger partial charge in [0.15, 0.2) is 0 Å². The summed E-state index contributed by atoms with van der Waals surface area (Å²) in [7, 11) is 1.78. The molecule has 2 heteroatoms. The van der Waals surface area contributed by atoms with Gasteiger partial charge < -0.3 is 0 Å². The number of aryl methyl sites for hydroxylation is 1. The molecule has 1 aromatic rings. The first-order valence-electron chi connectivity index (χ1n) is 5.49. The molecule has 0 atom stereocenters. The van der Waals surface area contributed by atoms with Crippen molar-refractivity contribution in [2.45, 2.75) is 19.8 Å². The molecular weight excluding hydrogens is 196 g/mol. The molecule has 0 saturated carbocycles. The summed E-state index contributed by atoms with van der Waals surface area (Å²) in [5, 5.41) is 0. The summed E-state index contributed by atoms with van der Waals surface area (Å²) in [5.74, 6) is 0. The molecule has 1 rings (SSSR count). The van der Waals surface area contributed by atoms with Gasteiger partial charge in [-0.2, -0.15) is 0 Å². The van der Waals surface area contributed by atoms with Crippen LogP contribution in [0, 0.1) is 0 Å². The van der Waals surface area contributed by atoms with Crippen LogP contribution in [0.1, 0.15) is 18.9 Å². The minimum Gasteiger partial charge on any atom is -0.297 e. The van der Waals surface area contributed by atoms with Gasteiger partial charge in [0.1, 0.15) is 0 Å². The number of hydrogen-bond acceptors (Lipinski definition) is 2. The summed E-state index contributed by atoms with van der Waals surface area (Å²) in [6.45, 7) is 2.03. The third kappa shape index (κ3) is 4.69. The zero-order chi connectivity index (χ0) is 11.6. The topological polar surface area (TPSA) is 25.2 Å². The fraction of sp³-hybridized carbons (Fsp3) is 0.286. The fourth-order valence-corrected chi connectivity index (χ4v) is 1.44. The summed E-state index contributed by atoms with van der Waals surface area (Å²) in [5.41, 5.74) is 2.61. The first-order chi connectivity index (χ1) is 7.86. The van der Waals surface area contributed by atoms with E-state index in [0.29, 0.717) is 0 Å². The van der Waals surface area contributed by atoms with Crippen LogP contribution < -0.4 is 0 Å². The van der Waals surface area contributed by atoms with E-state index in [-0.39, 0.29) is 0 Å². The third-order valence-corrected chi connectivity index (χ3v) is 2.27. The monoisotopic (exact) mass is 214 g/mol. The molecule has 0 bridgehead atoms. The van der Waals surface area contributed by atoms with E-state index < -0.39 is 0 Å². The maximum atomic E-state index is 4.01. The van der Waals surface area contributed by atoms with Gasteiger partial charge in [-0.05, 0) is 49.1 Å². The molecule has 0 aliphatic rings. The molecule has 0 fully saturated rings. The van der Waals surface area contributed by atoms with E-state index in [2.05, 4.69) is 40.3 Å². The van der Waals surface area contributed by atoms with Gasteiger partial charge >= 0.3 is 0 Å². The molecule has 0 N–H and O–H groups in total. The van der Waals surface area contributed by atoms with Gasteiger partial charge in [0.25, 0.3) is 0 Å². The highest BCUT2D eigenvalue weighted by atomic mass is 14.6. The molecule has 16 heavy (non-hydrogen) atoms. The molecular formula is C14H18N2. The number of hydrogen-bond donors (Lipinski definition) is 0. The molecule has 0 aromatic carbocycles. The minimum atomic E-state index is 1.03. The van der Waals surface area contributed by atoms with Gasteiger partial charge in [0.2, 0.25) is 0 Å². The van der Waals surface area contributed by atoms with Crippen molar-refractivity contribution in [3.05, 3.63) is 53.9 Å². The zero-order valence-corrected chi connectivity index (χ0v) is 9.93. The van der Waals surface area contributed by atoms with E-state index >= 15 is 0 Å². The lowest BCUT2D eigenvalue weighted by molar-refractivity contribution is 0.961. The normalized spacial score (nSPS) is 12.8. The maximum Gasteiger partial charge on any atom is 0.0277 e. The third-order valence-electron chi connectivity index (χ3n) is 2.27. The SMILES string of the molecule is C/C=C\C(=C/C=NC)CCc1ccncc1. The molecule has 84 valence electrons. The highest BCUT2D eigenvalue weighted by Gasteiger charge is 1.94. The van der Waals surface area contributed by atoms with E-state index in [1.54, 1.807) is 7.05 Å². The number of allylic oxidation sites excluding steroid dienone is 4. The molecule has 0 aliphatic carbocycles. The van der Waals surface area contributed by atoms with Crippen LogP contribution in [-0.4, -0.2) is 18.2 Å². The zero-order valence-electron chi connectivity index (χ0n) is 9.93. The smallest absolute Gasteiger partial charge is 0.0277 e. The van der Waals surface area contributed by atoms with Crippen molar-refractivity contribution in [3.8, 4) is 0 Å². The Labute approximate surface area is 97.5 Å². The van der Waals surface area contributed by atoms with Crippen molar-refractivity contribution in [3.63, 3.8) is 0 Å². The highest BCUT2D eigenvalue weighted by Crippen LogP contribution is 2.09. The number of aliphatic imine (C=N–C) groups is 1. The van der Waals surface area contributed by atoms with E-state index in [4.69, 9.17) is 0 Å². The van der Waals surface area contributed by atoms with Crippen LogP contribution in [-0.2, 0) is 6.42 Å². The van der Waals surface area contributed by atoms with E-state index in [1.807, 2.05) is 25.5 Å². The Hall–Kier alpha value is -1.70. The molecule has 1 aromatic heterocycles. The minimum absolute atomic E-state index is 1.03. The van der Waals surface area contributed by atoms with E-state index in [1.165, 1.54) is 11.1 Å². The summed E-state index contributed by atoms with van der Waals surface area (Å²) < 4.78 is 0. The van der Waals surface area contributed by atoms with Gasteiger partial charge in [-0.1, -0.05) is 12.2 Å². The Morgan fingerprint density at radius 2 is 2.12 bits per heavy atom. The first-order valence-corrected chi connectivity index (χ1v) is 5.49. The van der Waals surface area contributed by atoms with Crippen molar-refractivity contribution in [2.24, 2.45) is 4.99 Å². The summed E-state index contributed by atoms with van der Waals surface area (Å²) >= 11 is 0. The predicted octanol–water partition coefficient (Wildman–Crippen LogP) is 3.22. The Bertz CT molecular complexity index is 375. The molecule has 0 spiro atoms. The average molecular weight is 214 g/mol. The molecule has 0 radical (unpaired) electrons. The second kappa shape index (κ2) is 7.57. The van der Waals surface area contributed by atoms with Gasteiger partial charge in [0.05, 0.1) is 0 Å². The number of pyridine rings is 1. The van der Waals surface area contributed by atoms with Crippen molar-refractivity contribution in [1.29, 1.82) is 0 Å². The highest BCUT2D eigenvalue weighted by molar-refractivity contribution is 5.72. The number of aromatic nitrogens is 1. The quantitative estimate of drug-likeness (QED) is 0.545. The largest absolute Gasteiger partial charge is 0.297 e. The summed E-state index contributed by atoms with van der Waals surface area (Å²) in [6.07, 6.45) is 13.8. The van der Waals surface area contributed by atoms with Crippen molar-refractivity contribution < 1.29 is 0 Å². The van der Waals surface area contributed by atoms with Crippen LogP contribution >= 0.6 is 0 Å². The molecule has 0 aliphatic heterocycles. The van der Waals surface area contributed by atoms with Crippen molar-refractivity contribution in [1.82, 2.24) is 4.98 Å². The van der Waals surface area contributed by atoms with Gasteiger partial charge in [-0.25, -0.2) is 0 Å². The standard InChI is InChI=1S/C14H18N2/c1-3-4-13(7-10-15-2)5-6-14-8-11-16-12-9-14/h3-4,7-12H,5-6H2,1-2H3/b4-3-,13-7+,15-10?. The van der Waals surface area contributed by atoms with Crippen molar-refractivity contribution in [2.75, 3.05) is 7.05 Å². The second-order valence-electron chi connectivity index (χ2n) is 3.50. The Morgan fingerprint density at radius 3 is 2.75 bits per heavy atom. The van der Waals surface area contributed by atoms with Crippen LogP contribution in [0.15, 0.2) is 53.3 Å². The Kier molecular flexibility index (Phi) is 5.86. The Balaban J connectivity index is 2.57. The molecule has 0 unspecified atom stereocenters. The molecule has 2 nitrogen and oxygen atoms in total. The lowest BCUT2D eigenvalue weighted by Crippen LogP contribution is -1.88. The molecule has 0 saturated heterocycles. The Morgan fingerprint density at radius 1 is 1.38 bits per heavy atom. The van der Waals surface area contributed by atoms with Crippen LogP contribution in [0.25, 0.3) is 0 Å². The molecule has 0 amide bonds. The van der Waals surface area contributed by atoms with Gasteiger partial charge in [-0.15, -0.1) is 0 Å². The fourth-order valence-electron chi connectivity index (χ4n) is 1.44. The van der Waals surface area contributed by atoms with Gasteiger partial charge in [0, 0.05) is 25.7 Å². The summed E-state index contributed by atoms with van der Waals surface area (Å²) in [4.78, 5) is 7.98. The lowest BCUT2D eigenvalue weighted by atomic mass is 10.1. The van der Waals surface area contributed by atoms with Crippen molar-refractivity contribution >= 4 is 6.21 Å².